The number of benzene rings is 1. The van der Waals surface area contributed by atoms with Gasteiger partial charge in [-0.3, -0.25) is 14.3 Å². The summed E-state index contributed by atoms with van der Waals surface area (Å²) in [6.45, 7) is 3.85. The maximum Gasteiger partial charge on any atom is 0.226 e. The third kappa shape index (κ3) is 3.84. The number of thiazole rings is 1. The van der Waals surface area contributed by atoms with E-state index in [0.717, 1.165) is 28.0 Å². The van der Waals surface area contributed by atoms with Crippen molar-refractivity contribution in [2.75, 3.05) is 5.32 Å². The number of rotatable bonds is 5. The number of H-pyrrole nitrogens is 1. The fourth-order valence-corrected chi connectivity index (χ4v) is 4.09. The van der Waals surface area contributed by atoms with Crippen LogP contribution in [0.2, 0.25) is 0 Å². The van der Waals surface area contributed by atoms with E-state index in [-0.39, 0.29) is 17.8 Å². The molecule has 29 heavy (non-hydrogen) atoms. The van der Waals surface area contributed by atoms with Gasteiger partial charge in [-0.25, -0.2) is 4.98 Å². The molecular formula is C21H21N5O2S. The van der Waals surface area contributed by atoms with E-state index in [9.17, 15) is 9.59 Å². The monoisotopic (exact) mass is 407 g/mol. The maximum atomic E-state index is 12.9. The van der Waals surface area contributed by atoms with E-state index in [4.69, 9.17) is 0 Å². The molecule has 0 saturated carbocycles. The van der Waals surface area contributed by atoms with Crippen molar-refractivity contribution in [1.29, 1.82) is 0 Å². The Morgan fingerprint density at radius 2 is 2.14 bits per heavy atom. The van der Waals surface area contributed by atoms with Gasteiger partial charge in [-0.05, 0) is 31.9 Å². The minimum absolute atomic E-state index is 0.0131. The molecule has 0 aliphatic carbocycles. The van der Waals surface area contributed by atoms with E-state index in [1.807, 2.05) is 50.7 Å². The molecule has 0 atom stereocenters. The number of hydrogen-bond acceptors (Lipinski definition) is 5. The van der Waals surface area contributed by atoms with Crippen LogP contribution in [-0.4, -0.2) is 25.7 Å². The van der Waals surface area contributed by atoms with Crippen LogP contribution < -0.4 is 10.7 Å². The number of carbonyl (C=O) groups excluding carboxylic acids is 1. The highest BCUT2D eigenvalue weighted by Crippen LogP contribution is 2.24. The molecule has 0 aliphatic heterocycles. The van der Waals surface area contributed by atoms with E-state index in [1.54, 1.807) is 10.9 Å². The molecule has 0 spiro atoms. The number of aromatic amines is 1. The fourth-order valence-electron chi connectivity index (χ4n) is 3.36. The molecule has 0 unspecified atom stereocenters. The van der Waals surface area contributed by atoms with Crippen molar-refractivity contribution >= 4 is 33.3 Å². The highest BCUT2D eigenvalue weighted by molar-refractivity contribution is 7.14. The largest absolute Gasteiger partial charge is 0.358 e. The molecule has 3 aromatic heterocycles. The van der Waals surface area contributed by atoms with Crippen LogP contribution in [0.1, 0.15) is 23.2 Å². The number of nitrogens with one attached hydrogen (secondary N) is 2. The minimum atomic E-state index is -0.166. The number of amides is 1. The zero-order chi connectivity index (χ0) is 20.5. The van der Waals surface area contributed by atoms with Gasteiger partial charge in [0.15, 0.2) is 10.6 Å². The van der Waals surface area contributed by atoms with Gasteiger partial charge in [-0.2, -0.15) is 5.10 Å². The molecule has 4 aromatic rings. The lowest BCUT2D eigenvalue weighted by Crippen LogP contribution is -2.18. The summed E-state index contributed by atoms with van der Waals surface area (Å²) in [7, 11) is 1.84. The molecule has 0 aliphatic rings. The summed E-state index contributed by atoms with van der Waals surface area (Å²) >= 11 is 1.37. The number of aromatic nitrogens is 4. The van der Waals surface area contributed by atoms with Crippen molar-refractivity contribution in [3.05, 3.63) is 63.0 Å². The number of hydrogen-bond donors (Lipinski definition) is 2. The van der Waals surface area contributed by atoms with Gasteiger partial charge in [0.2, 0.25) is 5.91 Å². The molecule has 7 nitrogen and oxygen atoms in total. The number of nitrogens with zero attached hydrogens (tertiary/aromatic N) is 3. The van der Waals surface area contributed by atoms with Crippen molar-refractivity contribution in [2.45, 2.75) is 26.7 Å². The summed E-state index contributed by atoms with van der Waals surface area (Å²) in [5.74, 6) is -0.166. The maximum absolute atomic E-state index is 12.9. The number of para-hydroxylation sites is 1. The third-order valence-corrected chi connectivity index (χ3v) is 5.67. The van der Waals surface area contributed by atoms with Crippen molar-refractivity contribution in [2.24, 2.45) is 7.05 Å². The normalized spacial score (nSPS) is 11.1. The molecule has 3 heterocycles. The molecular weight excluding hydrogens is 386 g/mol. The number of fused-ring (bicyclic) bond motifs is 1. The molecule has 8 heteroatoms. The van der Waals surface area contributed by atoms with E-state index >= 15 is 0 Å². The Labute approximate surface area is 171 Å². The van der Waals surface area contributed by atoms with E-state index < -0.39 is 0 Å². The second-order valence-corrected chi connectivity index (χ2v) is 7.90. The first-order chi connectivity index (χ1) is 13.9. The molecule has 2 N–H and O–H groups in total. The van der Waals surface area contributed by atoms with Crippen LogP contribution in [0, 0.1) is 13.8 Å². The molecule has 0 saturated heterocycles. The molecule has 4 rings (SSSR count). The molecule has 148 valence electrons. The summed E-state index contributed by atoms with van der Waals surface area (Å²) in [5, 5.41) is 10.0. The van der Waals surface area contributed by atoms with Crippen LogP contribution in [-0.2, 0) is 18.3 Å². The first-order valence-electron chi connectivity index (χ1n) is 9.28. The van der Waals surface area contributed by atoms with Crippen molar-refractivity contribution in [1.82, 2.24) is 19.7 Å². The summed E-state index contributed by atoms with van der Waals surface area (Å²) < 4.78 is 1.71. The van der Waals surface area contributed by atoms with Gasteiger partial charge in [0, 0.05) is 47.3 Å². The second-order valence-electron chi connectivity index (χ2n) is 7.04. The lowest BCUT2D eigenvalue weighted by Gasteiger charge is -2.09. The lowest BCUT2D eigenvalue weighted by molar-refractivity contribution is -0.116. The Kier molecular flexibility index (Phi) is 5.02. The van der Waals surface area contributed by atoms with Crippen LogP contribution >= 0.6 is 11.3 Å². The van der Waals surface area contributed by atoms with Crippen molar-refractivity contribution in [3.63, 3.8) is 0 Å². The molecule has 0 radical (unpaired) electrons. The van der Waals surface area contributed by atoms with Crippen molar-refractivity contribution < 1.29 is 4.79 Å². The zero-order valence-electron chi connectivity index (χ0n) is 16.4. The summed E-state index contributed by atoms with van der Waals surface area (Å²) in [6, 6.07) is 5.67. The number of pyridine rings is 1. The van der Waals surface area contributed by atoms with Gasteiger partial charge in [-0.15, -0.1) is 11.3 Å². The third-order valence-electron chi connectivity index (χ3n) is 4.91. The van der Waals surface area contributed by atoms with E-state index in [1.165, 1.54) is 11.3 Å². The van der Waals surface area contributed by atoms with Crippen LogP contribution in [0.4, 0.5) is 5.13 Å². The number of carbonyl (C=O) groups is 1. The van der Waals surface area contributed by atoms with Gasteiger partial charge >= 0.3 is 0 Å². The molecule has 1 amide bonds. The SMILES string of the molecule is Cc1[nH]c2c(C)cccc2c(=O)c1CCC(=O)Nc1nc(-c2cnn(C)c2)cs1. The molecule has 0 fully saturated rings. The van der Waals surface area contributed by atoms with Gasteiger partial charge < -0.3 is 10.3 Å². The topological polar surface area (TPSA) is 92.7 Å². The van der Waals surface area contributed by atoms with E-state index in [2.05, 4.69) is 20.4 Å². The Morgan fingerprint density at radius 1 is 1.31 bits per heavy atom. The average molecular weight is 407 g/mol. The predicted octanol–water partition coefficient (Wildman–Crippen LogP) is 3.57. The standard InChI is InChI=1S/C21H21N5O2S/c1-12-5-4-6-16-19(12)23-13(2)15(20(16)28)7-8-18(27)25-21-24-17(11-29-21)14-9-22-26(3)10-14/h4-6,9-11H,7-8H2,1-3H3,(H,23,28)(H,24,25,27). The summed E-state index contributed by atoms with van der Waals surface area (Å²) in [4.78, 5) is 33.0. The van der Waals surface area contributed by atoms with Gasteiger partial charge in [0.05, 0.1) is 17.4 Å². The second kappa shape index (κ2) is 7.63. The highest BCUT2D eigenvalue weighted by atomic mass is 32.1. The van der Waals surface area contributed by atoms with Crippen LogP contribution in [0.15, 0.2) is 40.8 Å². The average Bonchev–Trinajstić information content (AvgIpc) is 3.31. The first-order valence-corrected chi connectivity index (χ1v) is 10.2. The number of anilines is 1. The van der Waals surface area contributed by atoms with Crippen molar-refractivity contribution in [3.8, 4) is 11.3 Å². The molecule has 1 aromatic carbocycles. The lowest BCUT2D eigenvalue weighted by atomic mass is 10.0. The Morgan fingerprint density at radius 3 is 2.90 bits per heavy atom. The van der Waals surface area contributed by atoms with Crippen LogP contribution in [0.25, 0.3) is 22.2 Å². The van der Waals surface area contributed by atoms with Crippen LogP contribution in [0.5, 0.6) is 0 Å². The summed E-state index contributed by atoms with van der Waals surface area (Å²) in [6.07, 6.45) is 4.19. The predicted molar refractivity (Wildman–Crippen MR) is 115 cm³/mol. The van der Waals surface area contributed by atoms with Gasteiger partial charge in [-0.1, -0.05) is 12.1 Å². The Bertz CT molecular complexity index is 1270. The summed E-state index contributed by atoms with van der Waals surface area (Å²) in [5.41, 5.74) is 4.99. The first kappa shape index (κ1) is 19.1. The number of aryl methyl sites for hydroxylation is 3. The smallest absolute Gasteiger partial charge is 0.226 e. The van der Waals surface area contributed by atoms with E-state index in [0.29, 0.717) is 22.5 Å². The van der Waals surface area contributed by atoms with Gasteiger partial charge in [0.1, 0.15) is 0 Å². The quantitative estimate of drug-likeness (QED) is 0.529. The Balaban J connectivity index is 1.46. The van der Waals surface area contributed by atoms with Gasteiger partial charge in [0.25, 0.3) is 0 Å². The molecule has 0 bridgehead atoms. The zero-order valence-corrected chi connectivity index (χ0v) is 17.3. The Hall–Kier alpha value is -3.26. The highest BCUT2D eigenvalue weighted by Gasteiger charge is 2.14. The fraction of sp³-hybridized carbons (Fsp3) is 0.238. The minimum Gasteiger partial charge on any atom is -0.358 e. The van der Waals surface area contributed by atoms with Crippen LogP contribution in [0.3, 0.4) is 0 Å².